The van der Waals surface area contributed by atoms with Gasteiger partial charge in [0.2, 0.25) is 11.8 Å². The third-order valence-electron chi connectivity index (χ3n) is 4.94. The molecule has 1 saturated heterocycles. The minimum atomic E-state index is 0.0711. The Hall–Kier alpha value is -1.10. The maximum absolute atomic E-state index is 12.4. The maximum atomic E-state index is 12.4. The van der Waals surface area contributed by atoms with Gasteiger partial charge in [-0.15, -0.1) is 0 Å². The molecule has 2 N–H and O–H groups in total. The zero-order valence-electron chi connectivity index (χ0n) is 13.4. The Morgan fingerprint density at radius 2 is 1.57 bits per heavy atom. The van der Waals surface area contributed by atoms with Crippen molar-refractivity contribution < 1.29 is 9.59 Å². The highest BCUT2D eigenvalue weighted by Crippen LogP contribution is 2.43. The van der Waals surface area contributed by atoms with Crippen LogP contribution in [-0.4, -0.2) is 54.3 Å². The van der Waals surface area contributed by atoms with Crippen LogP contribution in [-0.2, 0) is 9.59 Å². The van der Waals surface area contributed by atoms with Gasteiger partial charge in [-0.3, -0.25) is 9.59 Å². The van der Waals surface area contributed by atoms with Gasteiger partial charge in [0.05, 0.1) is 0 Å². The van der Waals surface area contributed by atoms with Gasteiger partial charge in [-0.25, -0.2) is 0 Å². The molecule has 0 aromatic heterocycles. The Morgan fingerprint density at radius 1 is 1.05 bits per heavy atom. The summed E-state index contributed by atoms with van der Waals surface area (Å²) in [6.45, 7) is 7.42. The van der Waals surface area contributed by atoms with Gasteiger partial charge in [-0.2, -0.15) is 0 Å². The van der Waals surface area contributed by atoms with E-state index in [2.05, 4.69) is 13.8 Å². The third kappa shape index (κ3) is 3.96. The minimum Gasteiger partial charge on any atom is -0.339 e. The molecule has 0 aromatic rings. The summed E-state index contributed by atoms with van der Waals surface area (Å²) in [4.78, 5) is 28.2. The Labute approximate surface area is 127 Å². The largest absolute Gasteiger partial charge is 0.339 e. The second kappa shape index (κ2) is 6.77. The lowest BCUT2D eigenvalue weighted by Crippen LogP contribution is -2.52. The summed E-state index contributed by atoms with van der Waals surface area (Å²) in [6, 6.07) is 0. The molecule has 1 heterocycles. The van der Waals surface area contributed by atoms with Crippen molar-refractivity contribution in [3.8, 4) is 0 Å². The topological polar surface area (TPSA) is 66.6 Å². The summed E-state index contributed by atoms with van der Waals surface area (Å²) < 4.78 is 0. The fraction of sp³-hybridized carbons (Fsp3) is 0.875. The zero-order chi connectivity index (χ0) is 15.5. The molecule has 0 aromatic carbocycles. The first-order chi connectivity index (χ1) is 9.96. The Balaban J connectivity index is 1.78. The van der Waals surface area contributed by atoms with Crippen molar-refractivity contribution in [1.29, 1.82) is 0 Å². The first kappa shape index (κ1) is 16.3. The van der Waals surface area contributed by atoms with Crippen LogP contribution in [0, 0.1) is 11.3 Å². The van der Waals surface area contributed by atoms with Crippen molar-refractivity contribution in [3.63, 3.8) is 0 Å². The van der Waals surface area contributed by atoms with Crippen LogP contribution in [0.15, 0.2) is 0 Å². The molecule has 0 radical (unpaired) electrons. The maximum Gasteiger partial charge on any atom is 0.223 e. The molecule has 5 heteroatoms. The van der Waals surface area contributed by atoms with E-state index in [-0.39, 0.29) is 17.2 Å². The quantitative estimate of drug-likeness (QED) is 0.829. The number of carbonyl (C=O) groups excluding carboxylic acids is 2. The van der Waals surface area contributed by atoms with Crippen molar-refractivity contribution in [2.45, 2.75) is 46.0 Å². The fourth-order valence-corrected chi connectivity index (χ4v) is 3.25. The molecule has 2 amide bonds. The van der Waals surface area contributed by atoms with Crippen LogP contribution in [0.1, 0.15) is 46.0 Å². The Bertz CT molecular complexity index is 377. The highest BCUT2D eigenvalue weighted by atomic mass is 16.2. The molecule has 0 atom stereocenters. The van der Waals surface area contributed by atoms with Crippen molar-refractivity contribution >= 4 is 11.8 Å². The summed E-state index contributed by atoms with van der Waals surface area (Å²) in [5, 5.41) is 0. The fourth-order valence-electron chi connectivity index (χ4n) is 3.25. The van der Waals surface area contributed by atoms with Crippen LogP contribution in [0.2, 0.25) is 0 Å². The standard InChI is InChI=1S/C16H29N3O2/c1-13(2)10-14(20)18-6-8-19(9-7-18)15(21)11-16(12-17)4-3-5-16/h13H,3-12,17H2,1-2H3. The van der Waals surface area contributed by atoms with Crippen LogP contribution in [0.5, 0.6) is 0 Å². The van der Waals surface area contributed by atoms with E-state index in [9.17, 15) is 9.59 Å². The van der Waals surface area contributed by atoms with Crippen molar-refractivity contribution in [3.05, 3.63) is 0 Å². The number of rotatable bonds is 5. The molecule has 0 bridgehead atoms. The van der Waals surface area contributed by atoms with Crippen LogP contribution < -0.4 is 5.73 Å². The minimum absolute atomic E-state index is 0.0711. The molecule has 1 aliphatic heterocycles. The number of hydrogen-bond acceptors (Lipinski definition) is 3. The van der Waals surface area contributed by atoms with Gasteiger partial charge >= 0.3 is 0 Å². The molecule has 0 spiro atoms. The lowest BCUT2D eigenvalue weighted by molar-refractivity contribution is -0.142. The molecule has 2 aliphatic rings. The van der Waals surface area contributed by atoms with Gasteiger partial charge < -0.3 is 15.5 Å². The molecule has 0 unspecified atom stereocenters. The Kier molecular flexibility index (Phi) is 5.25. The van der Waals surface area contributed by atoms with E-state index in [1.54, 1.807) is 0 Å². The average molecular weight is 295 g/mol. The summed E-state index contributed by atoms with van der Waals surface area (Å²) in [6.07, 6.45) is 4.56. The second-order valence-corrected chi connectivity index (χ2v) is 7.09. The summed E-state index contributed by atoms with van der Waals surface area (Å²) in [7, 11) is 0. The molecular formula is C16H29N3O2. The van der Waals surface area contributed by atoms with E-state index < -0.39 is 0 Å². The van der Waals surface area contributed by atoms with E-state index in [1.807, 2.05) is 9.80 Å². The predicted octanol–water partition coefficient (Wildman–Crippen LogP) is 1.22. The van der Waals surface area contributed by atoms with Gasteiger partial charge in [-0.1, -0.05) is 20.3 Å². The molecule has 2 fully saturated rings. The first-order valence-electron chi connectivity index (χ1n) is 8.21. The third-order valence-corrected chi connectivity index (χ3v) is 4.94. The molecule has 2 rings (SSSR count). The van der Waals surface area contributed by atoms with Crippen LogP contribution in [0.25, 0.3) is 0 Å². The predicted molar refractivity (Wildman–Crippen MR) is 82.6 cm³/mol. The van der Waals surface area contributed by atoms with Crippen LogP contribution in [0.4, 0.5) is 0 Å². The first-order valence-corrected chi connectivity index (χ1v) is 8.21. The zero-order valence-corrected chi connectivity index (χ0v) is 13.4. The van der Waals surface area contributed by atoms with Gasteiger partial charge in [0.1, 0.15) is 0 Å². The van der Waals surface area contributed by atoms with Crippen molar-refractivity contribution in [2.75, 3.05) is 32.7 Å². The lowest BCUT2D eigenvalue weighted by atomic mass is 9.66. The van der Waals surface area contributed by atoms with Gasteiger partial charge in [-0.05, 0) is 30.7 Å². The SMILES string of the molecule is CC(C)CC(=O)N1CCN(C(=O)CC2(CN)CCC2)CC1. The number of nitrogens with zero attached hydrogens (tertiary/aromatic N) is 2. The molecule has 5 nitrogen and oxygen atoms in total. The summed E-state index contributed by atoms with van der Waals surface area (Å²) in [5.74, 6) is 0.825. The van der Waals surface area contributed by atoms with Crippen LogP contribution in [0.3, 0.4) is 0 Å². The monoisotopic (exact) mass is 295 g/mol. The molecule has 21 heavy (non-hydrogen) atoms. The van der Waals surface area contributed by atoms with Gasteiger partial charge in [0, 0.05) is 39.0 Å². The van der Waals surface area contributed by atoms with E-state index >= 15 is 0 Å². The van der Waals surface area contributed by atoms with E-state index in [0.717, 1.165) is 12.8 Å². The molecule has 1 saturated carbocycles. The molecule has 1 aliphatic carbocycles. The summed E-state index contributed by atoms with van der Waals surface area (Å²) in [5.41, 5.74) is 5.90. The van der Waals surface area contributed by atoms with Gasteiger partial charge in [0.25, 0.3) is 0 Å². The average Bonchev–Trinajstić information content (AvgIpc) is 2.42. The van der Waals surface area contributed by atoms with E-state index in [0.29, 0.717) is 51.5 Å². The van der Waals surface area contributed by atoms with E-state index in [1.165, 1.54) is 6.42 Å². The number of carbonyl (C=O) groups is 2. The molecular weight excluding hydrogens is 266 g/mol. The number of piperazine rings is 1. The lowest BCUT2D eigenvalue weighted by Gasteiger charge is -2.43. The Morgan fingerprint density at radius 3 is 1.95 bits per heavy atom. The second-order valence-electron chi connectivity index (χ2n) is 7.09. The van der Waals surface area contributed by atoms with Crippen molar-refractivity contribution in [2.24, 2.45) is 17.1 Å². The normalized spacial score (nSPS) is 21.3. The summed E-state index contributed by atoms with van der Waals surface area (Å²) >= 11 is 0. The highest BCUT2D eigenvalue weighted by molar-refractivity contribution is 5.79. The highest BCUT2D eigenvalue weighted by Gasteiger charge is 2.39. The van der Waals surface area contributed by atoms with Gasteiger partial charge in [0.15, 0.2) is 0 Å². The smallest absolute Gasteiger partial charge is 0.223 e. The number of nitrogens with two attached hydrogens (primary N) is 1. The number of hydrogen-bond donors (Lipinski definition) is 1. The number of amides is 2. The molecule has 120 valence electrons. The van der Waals surface area contributed by atoms with Crippen LogP contribution >= 0.6 is 0 Å². The van der Waals surface area contributed by atoms with Crippen molar-refractivity contribution in [1.82, 2.24) is 9.80 Å². The van der Waals surface area contributed by atoms with E-state index in [4.69, 9.17) is 5.73 Å².